The van der Waals surface area contributed by atoms with Crippen LogP contribution in [0.5, 0.6) is 0 Å². The first kappa shape index (κ1) is 15.1. The maximum absolute atomic E-state index is 8.57. The highest BCUT2D eigenvalue weighted by Crippen LogP contribution is 2.26. The zero-order chi connectivity index (χ0) is 12.9. The van der Waals surface area contributed by atoms with Crippen molar-refractivity contribution in [3.63, 3.8) is 0 Å². The lowest BCUT2D eigenvalue weighted by Crippen LogP contribution is -2.23. The molecular weight excluding hydrogens is 299 g/mol. The lowest BCUT2D eigenvalue weighted by molar-refractivity contribution is 0.166. The zero-order valence-electron chi connectivity index (χ0n) is 10.1. The first-order chi connectivity index (χ1) is 7.98. The Morgan fingerprint density at radius 2 is 2.12 bits per heavy atom. The van der Waals surface area contributed by atoms with Gasteiger partial charge >= 0.3 is 7.69 Å². The summed E-state index contributed by atoms with van der Waals surface area (Å²) in [6, 6.07) is 6.17. The largest absolute Gasteiger partial charge is 0.485 e. The summed E-state index contributed by atoms with van der Waals surface area (Å²) in [6.07, 6.45) is 0.899. The first-order valence-electron chi connectivity index (χ1n) is 5.43. The molecule has 0 saturated carbocycles. The molecule has 0 atom stereocenters. The van der Waals surface area contributed by atoms with Crippen molar-refractivity contribution < 1.29 is 9.68 Å². The maximum Gasteiger partial charge on any atom is 0.485 e. The van der Waals surface area contributed by atoms with Gasteiger partial charge in [0.2, 0.25) is 0 Å². The van der Waals surface area contributed by atoms with E-state index in [4.69, 9.17) is 9.68 Å². The fourth-order valence-electron chi connectivity index (χ4n) is 1.74. The van der Waals surface area contributed by atoms with E-state index in [1.54, 1.807) is 0 Å². The van der Waals surface area contributed by atoms with Crippen molar-refractivity contribution >= 4 is 36.2 Å². The average molecular weight is 316 g/mol. The van der Waals surface area contributed by atoms with E-state index in [-0.39, 0.29) is 5.41 Å². The Bertz CT molecular complexity index is 372. The molecule has 1 aromatic carbocycles. The van der Waals surface area contributed by atoms with Gasteiger partial charge in [0.15, 0.2) is 0 Å². The highest BCUT2D eigenvalue weighted by Gasteiger charge is 2.20. The minimum Gasteiger partial charge on any atom is -0.429 e. The molecule has 0 amide bonds. The topological polar surface area (TPSA) is 29.5 Å². The Morgan fingerprint density at radius 3 is 2.71 bits per heavy atom. The van der Waals surface area contributed by atoms with Gasteiger partial charge in [0.25, 0.3) is 0 Å². The van der Waals surface area contributed by atoms with Crippen molar-refractivity contribution in [2.75, 3.05) is 6.61 Å². The van der Waals surface area contributed by atoms with E-state index >= 15 is 0 Å². The molecule has 5 heteroatoms. The van der Waals surface area contributed by atoms with Gasteiger partial charge in [-0.1, -0.05) is 35.8 Å². The third kappa shape index (κ3) is 5.04. The van der Waals surface area contributed by atoms with E-state index in [9.17, 15) is 0 Å². The third-order valence-corrected chi connectivity index (χ3v) is 3.43. The molecule has 1 rings (SSSR count). The van der Waals surface area contributed by atoms with Crippen LogP contribution in [-0.2, 0) is 16.4 Å². The van der Waals surface area contributed by atoms with Gasteiger partial charge in [0, 0.05) is 16.8 Å². The molecule has 0 aromatic heterocycles. The fraction of sp³-hybridized carbons (Fsp3) is 0.500. The molecule has 0 heterocycles. The van der Waals surface area contributed by atoms with Crippen molar-refractivity contribution in [1.29, 1.82) is 0 Å². The smallest absolute Gasteiger partial charge is 0.429 e. The Hall–Kier alpha value is 0.0349. The van der Waals surface area contributed by atoms with E-state index in [2.05, 4.69) is 54.5 Å². The minimum absolute atomic E-state index is 0.0196. The van der Waals surface area contributed by atoms with Crippen LogP contribution in [0.4, 0.5) is 0 Å². The summed E-state index contributed by atoms with van der Waals surface area (Å²) in [7, 11) is 0.754. The van der Waals surface area contributed by atoms with Crippen LogP contribution in [0.25, 0.3) is 0 Å². The molecule has 1 N–H and O–H groups in total. The van der Waals surface area contributed by atoms with Gasteiger partial charge < -0.3 is 9.68 Å². The van der Waals surface area contributed by atoms with Crippen LogP contribution in [-0.4, -0.2) is 19.3 Å². The van der Waals surface area contributed by atoms with Gasteiger partial charge in [-0.2, -0.15) is 0 Å². The second-order valence-corrected chi connectivity index (χ2v) is 5.92. The van der Waals surface area contributed by atoms with E-state index in [0.29, 0.717) is 6.61 Å². The van der Waals surface area contributed by atoms with E-state index in [1.165, 1.54) is 11.1 Å². The predicted octanol–water partition coefficient (Wildman–Crippen LogP) is 2.98. The Labute approximate surface area is 118 Å². The summed E-state index contributed by atoms with van der Waals surface area (Å²) in [6.45, 7) is 4.72. The standard InChI is InChI=1S/C12H17BBrO2S/c1-12(2,8-16-13-15)6-9-3-4-11(17)5-10(9)7-14/h3-5,15,17H,6-8H2,1-2H3. The summed E-state index contributed by atoms with van der Waals surface area (Å²) in [4.78, 5) is 0.973. The maximum atomic E-state index is 8.57. The highest BCUT2D eigenvalue weighted by molar-refractivity contribution is 9.08. The molecule has 0 fully saturated rings. The molecule has 0 aliphatic heterocycles. The van der Waals surface area contributed by atoms with Crippen LogP contribution in [0.1, 0.15) is 25.0 Å². The van der Waals surface area contributed by atoms with Crippen LogP contribution in [0.15, 0.2) is 23.1 Å². The van der Waals surface area contributed by atoms with Crippen LogP contribution in [0, 0.1) is 5.41 Å². The molecule has 2 nitrogen and oxygen atoms in total. The number of hydrogen-bond acceptors (Lipinski definition) is 3. The Morgan fingerprint density at radius 1 is 1.41 bits per heavy atom. The molecule has 17 heavy (non-hydrogen) atoms. The number of hydrogen-bond donors (Lipinski definition) is 2. The fourth-order valence-corrected chi connectivity index (χ4v) is 2.49. The molecule has 0 bridgehead atoms. The molecule has 0 unspecified atom stereocenters. The Kier molecular flexibility index (Phi) is 6.07. The van der Waals surface area contributed by atoms with Gasteiger partial charge in [-0.05, 0) is 35.1 Å². The monoisotopic (exact) mass is 315 g/mol. The van der Waals surface area contributed by atoms with Crippen LogP contribution in [0.3, 0.4) is 0 Å². The van der Waals surface area contributed by atoms with Crippen molar-refractivity contribution in [3.05, 3.63) is 29.3 Å². The SMILES string of the molecule is CC(C)(CO[B]O)Cc1ccc(S)cc1CBr. The van der Waals surface area contributed by atoms with Crippen molar-refractivity contribution in [3.8, 4) is 0 Å². The second-order valence-electron chi connectivity index (χ2n) is 4.84. The van der Waals surface area contributed by atoms with Crippen molar-refractivity contribution in [1.82, 2.24) is 0 Å². The summed E-state index contributed by atoms with van der Waals surface area (Å²) >= 11 is 7.83. The van der Waals surface area contributed by atoms with E-state index in [0.717, 1.165) is 24.3 Å². The number of rotatable bonds is 6. The highest BCUT2D eigenvalue weighted by atomic mass is 79.9. The predicted molar refractivity (Wildman–Crippen MR) is 77.7 cm³/mol. The van der Waals surface area contributed by atoms with Gasteiger partial charge in [-0.15, -0.1) is 12.6 Å². The van der Waals surface area contributed by atoms with Gasteiger partial charge in [0.1, 0.15) is 0 Å². The van der Waals surface area contributed by atoms with Crippen LogP contribution >= 0.6 is 28.6 Å². The second kappa shape index (κ2) is 6.83. The van der Waals surface area contributed by atoms with E-state index < -0.39 is 0 Å². The van der Waals surface area contributed by atoms with Gasteiger partial charge in [0.05, 0.1) is 0 Å². The number of alkyl halides is 1. The third-order valence-electron chi connectivity index (χ3n) is 2.55. The summed E-state index contributed by atoms with van der Waals surface area (Å²) < 4.78 is 4.97. The molecule has 93 valence electrons. The molecule has 0 aliphatic carbocycles. The lowest BCUT2D eigenvalue weighted by Gasteiger charge is -2.25. The van der Waals surface area contributed by atoms with Crippen LogP contribution < -0.4 is 0 Å². The zero-order valence-corrected chi connectivity index (χ0v) is 12.6. The minimum atomic E-state index is -0.0196. The summed E-state index contributed by atoms with van der Waals surface area (Å²) in [5, 5.41) is 9.39. The summed E-state index contributed by atoms with van der Waals surface area (Å²) in [5.41, 5.74) is 2.51. The van der Waals surface area contributed by atoms with Crippen molar-refractivity contribution in [2.24, 2.45) is 5.41 Å². The molecular formula is C12H17BBrO2S. The number of thiol groups is 1. The first-order valence-corrected chi connectivity index (χ1v) is 6.99. The lowest BCUT2D eigenvalue weighted by atomic mass is 9.85. The van der Waals surface area contributed by atoms with Gasteiger partial charge in [-0.3, -0.25) is 0 Å². The quantitative estimate of drug-likeness (QED) is 0.480. The van der Waals surface area contributed by atoms with E-state index in [1.807, 2.05) is 6.07 Å². The molecule has 0 spiro atoms. The van der Waals surface area contributed by atoms with Crippen LogP contribution in [0.2, 0.25) is 0 Å². The van der Waals surface area contributed by atoms with Gasteiger partial charge in [-0.25, -0.2) is 0 Å². The molecule has 0 aliphatic rings. The molecule has 0 saturated heterocycles. The van der Waals surface area contributed by atoms with Crippen molar-refractivity contribution in [2.45, 2.75) is 30.5 Å². The normalized spacial score (nSPS) is 11.6. The average Bonchev–Trinajstić information content (AvgIpc) is 2.28. The Balaban J connectivity index is 2.79. The summed E-state index contributed by atoms with van der Waals surface area (Å²) in [5.74, 6) is 0. The molecule has 1 radical (unpaired) electrons. The number of halogens is 1. The molecule has 1 aromatic rings. The number of benzene rings is 1.